The van der Waals surface area contributed by atoms with Gasteiger partial charge in [0.05, 0.1) is 14.2 Å². The average Bonchev–Trinajstić information content (AvgIpc) is 3.13. The third kappa shape index (κ3) is 3.42. The second-order valence-corrected chi connectivity index (χ2v) is 7.54. The van der Waals surface area contributed by atoms with Crippen LogP contribution in [-0.2, 0) is 16.6 Å². The Labute approximate surface area is 153 Å². The first kappa shape index (κ1) is 18.3. The monoisotopic (exact) mass is 379 g/mol. The van der Waals surface area contributed by atoms with Crippen LogP contribution < -0.4 is 18.9 Å². The number of nitrogens with zero attached hydrogens (tertiary/aromatic N) is 1. The van der Waals surface area contributed by atoms with Gasteiger partial charge in [-0.05, 0) is 29.8 Å². The predicted octanol–water partition coefficient (Wildman–Crippen LogP) is 2.64. The van der Waals surface area contributed by atoms with Crippen LogP contribution in [0.3, 0.4) is 0 Å². The van der Waals surface area contributed by atoms with Crippen LogP contribution in [0.5, 0.6) is 23.0 Å². The van der Waals surface area contributed by atoms with Gasteiger partial charge in [-0.25, -0.2) is 8.42 Å². The molecule has 0 amide bonds. The molecule has 0 aromatic heterocycles. The van der Waals surface area contributed by atoms with Gasteiger partial charge >= 0.3 is 0 Å². The van der Waals surface area contributed by atoms with Crippen molar-refractivity contribution in [2.24, 2.45) is 0 Å². The molecule has 3 rings (SSSR count). The van der Waals surface area contributed by atoms with Crippen LogP contribution in [0.1, 0.15) is 12.5 Å². The SMILES string of the molecule is CCN(Cc1ccc2c(c1)OCO2)S(=O)(=O)c1cc(OC)ccc1OC. The van der Waals surface area contributed by atoms with Crippen LogP contribution in [0.25, 0.3) is 0 Å². The molecule has 0 atom stereocenters. The first-order valence-corrected chi connectivity index (χ1v) is 9.54. The zero-order chi connectivity index (χ0) is 18.7. The van der Waals surface area contributed by atoms with E-state index in [0.29, 0.717) is 23.8 Å². The van der Waals surface area contributed by atoms with E-state index in [1.54, 1.807) is 31.2 Å². The molecule has 7 nitrogen and oxygen atoms in total. The summed E-state index contributed by atoms with van der Waals surface area (Å²) < 4.78 is 48.8. The third-order valence-electron chi connectivity index (χ3n) is 4.14. The Morgan fingerprint density at radius 3 is 2.50 bits per heavy atom. The first-order chi connectivity index (χ1) is 12.5. The maximum atomic E-state index is 13.2. The van der Waals surface area contributed by atoms with E-state index in [0.717, 1.165) is 5.56 Å². The number of benzene rings is 2. The third-order valence-corrected chi connectivity index (χ3v) is 6.08. The van der Waals surface area contributed by atoms with Gasteiger partial charge in [-0.2, -0.15) is 4.31 Å². The highest BCUT2D eigenvalue weighted by molar-refractivity contribution is 7.89. The van der Waals surface area contributed by atoms with Gasteiger partial charge in [0.15, 0.2) is 11.5 Å². The van der Waals surface area contributed by atoms with E-state index in [-0.39, 0.29) is 24.0 Å². The summed E-state index contributed by atoms with van der Waals surface area (Å²) in [7, 11) is -0.855. The zero-order valence-electron chi connectivity index (χ0n) is 14.9. The highest BCUT2D eigenvalue weighted by atomic mass is 32.2. The van der Waals surface area contributed by atoms with Gasteiger partial charge in [0.1, 0.15) is 16.4 Å². The zero-order valence-corrected chi connectivity index (χ0v) is 15.7. The molecular formula is C18H21NO6S. The summed E-state index contributed by atoms with van der Waals surface area (Å²) in [6.07, 6.45) is 0. The van der Waals surface area contributed by atoms with E-state index in [9.17, 15) is 8.42 Å². The first-order valence-electron chi connectivity index (χ1n) is 8.10. The van der Waals surface area contributed by atoms with Crippen LogP contribution in [0.2, 0.25) is 0 Å². The molecule has 26 heavy (non-hydrogen) atoms. The number of methoxy groups -OCH3 is 2. The standard InChI is InChI=1S/C18H21NO6S/c1-4-19(11-13-5-7-15-17(9-13)25-12-24-15)26(20,21)18-10-14(22-2)6-8-16(18)23-3/h5-10H,4,11-12H2,1-3H3. The van der Waals surface area contributed by atoms with Crippen LogP contribution in [0.15, 0.2) is 41.3 Å². The van der Waals surface area contributed by atoms with Gasteiger partial charge < -0.3 is 18.9 Å². The summed E-state index contributed by atoms with van der Waals surface area (Å²) in [5.41, 5.74) is 0.807. The summed E-state index contributed by atoms with van der Waals surface area (Å²) in [6, 6.07) is 10.1. The number of sulfonamides is 1. The van der Waals surface area contributed by atoms with Gasteiger partial charge in [0, 0.05) is 19.2 Å². The van der Waals surface area contributed by atoms with E-state index in [4.69, 9.17) is 18.9 Å². The van der Waals surface area contributed by atoms with Crippen molar-refractivity contribution in [2.75, 3.05) is 27.6 Å². The van der Waals surface area contributed by atoms with Gasteiger partial charge in [-0.3, -0.25) is 0 Å². The summed E-state index contributed by atoms with van der Waals surface area (Å²) >= 11 is 0. The quantitative estimate of drug-likeness (QED) is 0.736. The fourth-order valence-electron chi connectivity index (χ4n) is 2.73. The Bertz CT molecular complexity index is 897. The van der Waals surface area contributed by atoms with Crippen LogP contribution >= 0.6 is 0 Å². The second kappa shape index (κ2) is 7.43. The average molecular weight is 379 g/mol. The predicted molar refractivity (Wildman–Crippen MR) is 95.4 cm³/mol. The maximum Gasteiger partial charge on any atom is 0.247 e. The minimum atomic E-state index is -3.78. The minimum Gasteiger partial charge on any atom is -0.497 e. The van der Waals surface area contributed by atoms with Crippen LogP contribution in [0, 0.1) is 0 Å². The molecule has 0 radical (unpaired) electrons. The van der Waals surface area contributed by atoms with Gasteiger partial charge in [0.25, 0.3) is 0 Å². The Kier molecular flexibility index (Phi) is 5.24. The van der Waals surface area contributed by atoms with Crippen molar-refractivity contribution in [3.8, 4) is 23.0 Å². The molecule has 0 saturated carbocycles. The summed E-state index contributed by atoms with van der Waals surface area (Å²) in [4.78, 5) is 0.0712. The fourth-order valence-corrected chi connectivity index (χ4v) is 4.34. The lowest BCUT2D eigenvalue weighted by Gasteiger charge is -2.22. The lowest BCUT2D eigenvalue weighted by Crippen LogP contribution is -2.30. The lowest BCUT2D eigenvalue weighted by molar-refractivity contribution is 0.174. The lowest BCUT2D eigenvalue weighted by atomic mass is 10.2. The summed E-state index contributed by atoms with van der Waals surface area (Å²) in [6.45, 7) is 2.47. The Hall–Kier alpha value is -2.45. The molecule has 0 unspecified atom stereocenters. The highest BCUT2D eigenvalue weighted by Gasteiger charge is 2.28. The van der Waals surface area contributed by atoms with Crippen molar-refractivity contribution < 1.29 is 27.4 Å². The molecule has 0 aliphatic carbocycles. The van der Waals surface area contributed by atoms with Crippen molar-refractivity contribution in [1.29, 1.82) is 0 Å². The Balaban J connectivity index is 1.94. The van der Waals surface area contributed by atoms with E-state index in [2.05, 4.69) is 0 Å². The van der Waals surface area contributed by atoms with Gasteiger partial charge in [-0.15, -0.1) is 0 Å². The van der Waals surface area contributed by atoms with E-state index < -0.39 is 10.0 Å². The number of ether oxygens (including phenoxy) is 4. The molecule has 0 bridgehead atoms. The molecule has 1 heterocycles. The topological polar surface area (TPSA) is 74.3 Å². The highest BCUT2D eigenvalue weighted by Crippen LogP contribution is 2.34. The molecule has 0 spiro atoms. The molecule has 8 heteroatoms. The molecule has 1 aliphatic heterocycles. The molecule has 0 fully saturated rings. The Morgan fingerprint density at radius 1 is 1.04 bits per heavy atom. The molecule has 1 aliphatic rings. The van der Waals surface area contributed by atoms with E-state index >= 15 is 0 Å². The number of rotatable bonds is 7. The van der Waals surface area contributed by atoms with Crippen molar-refractivity contribution in [1.82, 2.24) is 4.31 Å². The van der Waals surface area contributed by atoms with Crippen molar-refractivity contribution in [3.05, 3.63) is 42.0 Å². The molecular weight excluding hydrogens is 358 g/mol. The van der Waals surface area contributed by atoms with Crippen molar-refractivity contribution >= 4 is 10.0 Å². The summed E-state index contributed by atoms with van der Waals surface area (Å²) in [5.74, 6) is 2.00. The minimum absolute atomic E-state index is 0.0712. The molecule has 140 valence electrons. The van der Waals surface area contributed by atoms with Crippen LogP contribution in [-0.4, -0.2) is 40.3 Å². The van der Waals surface area contributed by atoms with Crippen molar-refractivity contribution in [3.63, 3.8) is 0 Å². The smallest absolute Gasteiger partial charge is 0.247 e. The number of hydrogen-bond acceptors (Lipinski definition) is 6. The summed E-state index contributed by atoms with van der Waals surface area (Å²) in [5, 5.41) is 0. The molecule has 2 aromatic rings. The van der Waals surface area contributed by atoms with Gasteiger partial charge in [0.2, 0.25) is 16.8 Å². The molecule has 2 aromatic carbocycles. The Morgan fingerprint density at radius 2 is 1.81 bits per heavy atom. The number of fused-ring (bicyclic) bond motifs is 1. The van der Waals surface area contributed by atoms with Crippen molar-refractivity contribution in [2.45, 2.75) is 18.4 Å². The number of hydrogen-bond donors (Lipinski definition) is 0. The molecule has 0 saturated heterocycles. The second-order valence-electron chi connectivity index (χ2n) is 5.64. The van der Waals surface area contributed by atoms with E-state index in [1.807, 2.05) is 6.07 Å². The van der Waals surface area contributed by atoms with Crippen LogP contribution in [0.4, 0.5) is 0 Å². The normalized spacial score (nSPS) is 13.1. The molecule has 0 N–H and O–H groups in total. The largest absolute Gasteiger partial charge is 0.497 e. The maximum absolute atomic E-state index is 13.2. The van der Waals surface area contributed by atoms with E-state index in [1.165, 1.54) is 24.6 Å². The fraction of sp³-hybridized carbons (Fsp3) is 0.333. The van der Waals surface area contributed by atoms with Gasteiger partial charge in [-0.1, -0.05) is 13.0 Å².